The summed E-state index contributed by atoms with van der Waals surface area (Å²) in [5.41, 5.74) is 0.803. The molecule has 0 aliphatic heterocycles. The maximum absolute atomic E-state index is 12.2. The van der Waals surface area contributed by atoms with Crippen molar-refractivity contribution in [3.8, 4) is 0 Å². The second-order valence-electron chi connectivity index (χ2n) is 6.94. The predicted molar refractivity (Wildman–Crippen MR) is 109 cm³/mol. The Bertz CT molecular complexity index is 807. The molecule has 2 N–H and O–H groups in total. The van der Waals surface area contributed by atoms with Gasteiger partial charge >= 0.3 is 0 Å². The lowest BCUT2D eigenvalue weighted by Crippen LogP contribution is -2.38. The van der Waals surface area contributed by atoms with E-state index in [0.717, 1.165) is 5.56 Å². The number of nitrogens with one attached hydrogen (secondary N) is 2. The summed E-state index contributed by atoms with van der Waals surface area (Å²) in [5.74, 6) is 0.843. The zero-order chi connectivity index (χ0) is 20.0. The molecule has 27 heavy (non-hydrogen) atoms. The third-order valence-electron chi connectivity index (χ3n) is 4.05. The van der Waals surface area contributed by atoms with Crippen LogP contribution in [-0.2, 0) is 15.0 Å². The van der Waals surface area contributed by atoms with Crippen LogP contribution in [0.2, 0.25) is 5.02 Å². The Balaban J connectivity index is 1.77. The number of amides is 2. The van der Waals surface area contributed by atoms with E-state index in [2.05, 4.69) is 15.8 Å². The largest absolute Gasteiger partial charge is 0.360 e. The molecule has 0 saturated heterocycles. The zero-order valence-corrected chi connectivity index (χ0v) is 17.4. The molecular formula is C19H24ClN3O3S. The van der Waals surface area contributed by atoms with Gasteiger partial charge in [0.25, 0.3) is 0 Å². The molecule has 0 aliphatic rings. The first kappa shape index (κ1) is 21.3. The molecule has 1 atom stereocenters. The Morgan fingerprint density at radius 1 is 1.33 bits per heavy atom. The van der Waals surface area contributed by atoms with Crippen molar-refractivity contribution in [1.29, 1.82) is 0 Å². The van der Waals surface area contributed by atoms with Gasteiger partial charge in [-0.15, -0.1) is 11.8 Å². The van der Waals surface area contributed by atoms with Gasteiger partial charge in [-0.25, -0.2) is 0 Å². The van der Waals surface area contributed by atoms with E-state index in [1.165, 1.54) is 11.8 Å². The maximum atomic E-state index is 12.2. The molecular weight excluding hydrogens is 386 g/mol. The van der Waals surface area contributed by atoms with Gasteiger partial charge in [-0.1, -0.05) is 42.7 Å². The Kier molecular flexibility index (Phi) is 7.33. The number of halogens is 1. The number of rotatable bonds is 8. The van der Waals surface area contributed by atoms with Crippen molar-refractivity contribution in [2.45, 2.75) is 38.4 Å². The van der Waals surface area contributed by atoms with Crippen LogP contribution in [0.3, 0.4) is 0 Å². The first-order valence-electron chi connectivity index (χ1n) is 8.56. The average Bonchev–Trinajstić information content (AvgIpc) is 3.02. The summed E-state index contributed by atoms with van der Waals surface area (Å²) in [6.45, 7) is 8.06. The molecule has 2 amide bonds. The second kappa shape index (κ2) is 9.28. The minimum atomic E-state index is -0.395. The highest BCUT2D eigenvalue weighted by molar-refractivity contribution is 8.01. The van der Waals surface area contributed by atoms with Crippen LogP contribution in [0.4, 0.5) is 5.82 Å². The standard InChI is InChI=1S/C19H24ClN3O3S/c1-12-8-16(23-26-12)22-18(25)13(2)27-10-17(24)21-11-19(3,4)14-6-5-7-15(20)9-14/h5-9,13H,10-11H2,1-4H3,(H,21,24)(H,22,23,25). The van der Waals surface area contributed by atoms with Crippen LogP contribution in [-0.4, -0.2) is 34.5 Å². The number of thioether (sulfide) groups is 1. The molecule has 1 heterocycles. The number of aromatic nitrogens is 1. The highest BCUT2D eigenvalue weighted by Crippen LogP contribution is 2.25. The molecule has 6 nitrogen and oxygen atoms in total. The maximum Gasteiger partial charge on any atom is 0.238 e. The summed E-state index contributed by atoms with van der Waals surface area (Å²) in [7, 11) is 0. The molecule has 1 aromatic carbocycles. The first-order valence-corrected chi connectivity index (χ1v) is 9.98. The van der Waals surface area contributed by atoms with E-state index in [0.29, 0.717) is 23.1 Å². The van der Waals surface area contributed by atoms with Crippen molar-refractivity contribution >= 4 is 41.0 Å². The highest BCUT2D eigenvalue weighted by Gasteiger charge is 2.22. The van der Waals surface area contributed by atoms with Crippen LogP contribution in [0, 0.1) is 6.92 Å². The smallest absolute Gasteiger partial charge is 0.238 e. The normalized spacial score (nSPS) is 12.5. The highest BCUT2D eigenvalue weighted by atomic mass is 35.5. The third-order valence-corrected chi connectivity index (χ3v) is 5.42. The van der Waals surface area contributed by atoms with Crippen LogP contribution in [0.1, 0.15) is 32.1 Å². The van der Waals surface area contributed by atoms with Gasteiger partial charge in [0, 0.05) is 23.0 Å². The average molecular weight is 410 g/mol. The van der Waals surface area contributed by atoms with Crippen LogP contribution in [0.15, 0.2) is 34.9 Å². The molecule has 146 valence electrons. The molecule has 0 radical (unpaired) electrons. The first-order chi connectivity index (χ1) is 12.7. The number of hydrogen-bond donors (Lipinski definition) is 2. The number of anilines is 1. The zero-order valence-electron chi connectivity index (χ0n) is 15.8. The van der Waals surface area contributed by atoms with Crippen molar-refractivity contribution in [3.63, 3.8) is 0 Å². The van der Waals surface area contributed by atoms with E-state index < -0.39 is 5.25 Å². The van der Waals surface area contributed by atoms with Crippen molar-refractivity contribution in [1.82, 2.24) is 10.5 Å². The molecule has 0 aliphatic carbocycles. The van der Waals surface area contributed by atoms with Gasteiger partial charge in [-0.2, -0.15) is 0 Å². The molecule has 0 bridgehead atoms. The second-order valence-corrected chi connectivity index (χ2v) is 8.70. The lowest BCUT2D eigenvalue weighted by atomic mass is 9.84. The van der Waals surface area contributed by atoms with E-state index in [1.54, 1.807) is 19.9 Å². The van der Waals surface area contributed by atoms with Crippen LogP contribution in [0.25, 0.3) is 0 Å². The fraction of sp³-hybridized carbons (Fsp3) is 0.421. The van der Waals surface area contributed by atoms with Gasteiger partial charge in [0.15, 0.2) is 5.82 Å². The quantitative estimate of drug-likeness (QED) is 0.692. The van der Waals surface area contributed by atoms with Gasteiger partial charge in [0.2, 0.25) is 11.8 Å². The number of carbonyl (C=O) groups excluding carboxylic acids is 2. The molecule has 1 unspecified atom stereocenters. The fourth-order valence-corrected chi connectivity index (χ4v) is 3.22. The Hall–Kier alpha value is -1.99. The minimum Gasteiger partial charge on any atom is -0.360 e. The van der Waals surface area contributed by atoms with Crippen molar-refractivity contribution in [2.24, 2.45) is 0 Å². The number of hydrogen-bond acceptors (Lipinski definition) is 5. The van der Waals surface area contributed by atoms with Crippen LogP contribution < -0.4 is 10.6 Å². The summed E-state index contributed by atoms with van der Waals surface area (Å²) < 4.78 is 4.91. The monoisotopic (exact) mass is 409 g/mol. The van der Waals surface area contributed by atoms with E-state index in [-0.39, 0.29) is 23.0 Å². The van der Waals surface area contributed by atoms with E-state index in [1.807, 2.05) is 38.1 Å². The lowest BCUT2D eigenvalue weighted by molar-refractivity contribution is -0.118. The molecule has 0 spiro atoms. The Labute approximate surface area is 168 Å². The topological polar surface area (TPSA) is 84.2 Å². The van der Waals surface area contributed by atoms with E-state index in [4.69, 9.17) is 16.1 Å². The molecule has 0 saturated carbocycles. The van der Waals surface area contributed by atoms with Gasteiger partial charge in [0.1, 0.15) is 5.76 Å². The van der Waals surface area contributed by atoms with Crippen molar-refractivity contribution in [3.05, 3.63) is 46.7 Å². The summed E-state index contributed by atoms with van der Waals surface area (Å²) >= 11 is 7.31. The van der Waals surface area contributed by atoms with Crippen molar-refractivity contribution < 1.29 is 14.1 Å². The fourth-order valence-electron chi connectivity index (χ4n) is 2.31. The number of benzene rings is 1. The SMILES string of the molecule is Cc1cc(NC(=O)C(C)SCC(=O)NCC(C)(C)c2cccc(Cl)c2)no1. The van der Waals surface area contributed by atoms with E-state index >= 15 is 0 Å². The Morgan fingerprint density at radius 2 is 2.07 bits per heavy atom. The minimum absolute atomic E-state index is 0.118. The summed E-state index contributed by atoms with van der Waals surface area (Å²) in [6, 6.07) is 9.25. The van der Waals surface area contributed by atoms with Crippen LogP contribution >= 0.6 is 23.4 Å². The lowest BCUT2D eigenvalue weighted by Gasteiger charge is -2.26. The van der Waals surface area contributed by atoms with Gasteiger partial charge in [0.05, 0.1) is 11.0 Å². The van der Waals surface area contributed by atoms with Gasteiger partial charge in [-0.3, -0.25) is 9.59 Å². The molecule has 1 aromatic heterocycles. The predicted octanol–water partition coefficient (Wildman–Crippen LogP) is 3.79. The molecule has 2 aromatic rings. The summed E-state index contributed by atoms with van der Waals surface area (Å²) in [4.78, 5) is 24.3. The third kappa shape index (κ3) is 6.59. The van der Waals surface area contributed by atoms with E-state index in [9.17, 15) is 9.59 Å². The summed E-state index contributed by atoms with van der Waals surface area (Å²) in [6.07, 6.45) is 0. The summed E-state index contributed by atoms with van der Waals surface area (Å²) in [5, 5.41) is 9.58. The van der Waals surface area contributed by atoms with Crippen LogP contribution in [0.5, 0.6) is 0 Å². The van der Waals surface area contributed by atoms with Gasteiger partial charge < -0.3 is 15.2 Å². The van der Waals surface area contributed by atoms with Crippen molar-refractivity contribution in [2.75, 3.05) is 17.6 Å². The number of aryl methyl sites for hydroxylation is 1. The molecule has 8 heteroatoms. The number of carbonyl (C=O) groups is 2. The number of nitrogens with zero attached hydrogens (tertiary/aromatic N) is 1. The molecule has 0 fully saturated rings. The Morgan fingerprint density at radius 3 is 2.70 bits per heavy atom. The van der Waals surface area contributed by atoms with Gasteiger partial charge in [-0.05, 0) is 31.5 Å². The molecule has 2 rings (SSSR count).